The van der Waals surface area contributed by atoms with Crippen LogP contribution in [0.1, 0.15) is 39.5 Å². The fourth-order valence-electron chi connectivity index (χ4n) is 2.26. The zero-order valence-electron chi connectivity index (χ0n) is 10.3. The van der Waals surface area contributed by atoms with E-state index in [0.29, 0.717) is 11.8 Å². The first-order valence-electron chi connectivity index (χ1n) is 6.03. The molecule has 6 heteroatoms. The van der Waals surface area contributed by atoms with Crippen LogP contribution in [-0.4, -0.2) is 31.3 Å². The van der Waals surface area contributed by atoms with Crippen LogP contribution in [0.4, 0.5) is 0 Å². The maximum Gasteiger partial charge on any atom is 0.304 e. The maximum absolute atomic E-state index is 11.7. The van der Waals surface area contributed by atoms with Gasteiger partial charge < -0.3 is 5.11 Å². The third kappa shape index (κ3) is 4.63. The molecule has 0 saturated heterocycles. The van der Waals surface area contributed by atoms with E-state index in [4.69, 9.17) is 5.11 Å². The molecule has 0 bridgehead atoms. The molecule has 0 heterocycles. The summed E-state index contributed by atoms with van der Waals surface area (Å²) >= 11 is 0. The van der Waals surface area contributed by atoms with Crippen molar-refractivity contribution in [1.29, 1.82) is 0 Å². The third-order valence-corrected chi connectivity index (χ3v) is 5.03. The Bertz CT molecular complexity index is 366. The van der Waals surface area contributed by atoms with E-state index in [-0.39, 0.29) is 18.2 Å². The number of rotatable bonds is 5. The highest BCUT2D eigenvalue weighted by molar-refractivity contribution is 7.89. The van der Waals surface area contributed by atoms with Crippen molar-refractivity contribution in [2.45, 2.75) is 45.6 Å². The lowest BCUT2D eigenvalue weighted by Gasteiger charge is -2.34. The second-order valence-corrected chi connectivity index (χ2v) is 6.83. The molecule has 1 rings (SSSR count). The van der Waals surface area contributed by atoms with Crippen LogP contribution in [0.3, 0.4) is 0 Å². The van der Waals surface area contributed by atoms with Gasteiger partial charge in [0.15, 0.2) is 0 Å². The molecule has 1 aliphatic carbocycles. The van der Waals surface area contributed by atoms with Crippen LogP contribution < -0.4 is 4.72 Å². The van der Waals surface area contributed by atoms with Crippen molar-refractivity contribution in [3.05, 3.63) is 0 Å². The van der Waals surface area contributed by atoms with Gasteiger partial charge in [-0.1, -0.05) is 26.7 Å². The molecule has 0 aromatic rings. The number of aliphatic carboxylic acids is 1. The number of hydrogen-bond donors (Lipinski definition) is 2. The molecule has 0 spiro atoms. The molecule has 0 radical (unpaired) electrons. The van der Waals surface area contributed by atoms with Gasteiger partial charge in [0.2, 0.25) is 10.0 Å². The molecule has 1 saturated carbocycles. The van der Waals surface area contributed by atoms with Crippen molar-refractivity contribution in [2.24, 2.45) is 11.8 Å². The summed E-state index contributed by atoms with van der Waals surface area (Å²) in [7, 11) is -3.46. The molecule has 0 aromatic carbocycles. The Kier molecular flexibility index (Phi) is 4.94. The molecular weight excluding hydrogens is 242 g/mol. The SMILES string of the molecule is CC1CCCC(NS(=O)(=O)CCC(=O)O)C1C. The molecule has 1 fully saturated rings. The molecule has 2 N–H and O–H groups in total. The van der Waals surface area contributed by atoms with Gasteiger partial charge in [-0.2, -0.15) is 0 Å². The van der Waals surface area contributed by atoms with Gasteiger partial charge in [0.25, 0.3) is 0 Å². The summed E-state index contributed by atoms with van der Waals surface area (Å²) < 4.78 is 26.0. The molecule has 0 amide bonds. The first kappa shape index (κ1) is 14.4. The minimum Gasteiger partial charge on any atom is -0.481 e. The average molecular weight is 263 g/mol. The second kappa shape index (κ2) is 5.82. The lowest BCUT2D eigenvalue weighted by Crippen LogP contribution is -2.44. The molecule has 0 aromatic heterocycles. The lowest BCUT2D eigenvalue weighted by atomic mass is 9.78. The minimum atomic E-state index is -3.46. The van der Waals surface area contributed by atoms with E-state index >= 15 is 0 Å². The Labute approximate surface area is 103 Å². The van der Waals surface area contributed by atoms with Crippen LogP contribution in [0.5, 0.6) is 0 Å². The Morgan fingerprint density at radius 2 is 2.00 bits per heavy atom. The summed E-state index contributed by atoms with van der Waals surface area (Å²) in [4.78, 5) is 10.4. The average Bonchev–Trinajstić information content (AvgIpc) is 2.22. The van der Waals surface area contributed by atoms with Gasteiger partial charge in [0.05, 0.1) is 12.2 Å². The quantitative estimate of drug-likeness (QED) is 0.781. The Balaban J connectivity index is 2.54. The molecular formula is C11H21NO4S. The maximum atomic E-state index is 11.7. The van der Waals surface area contributed by atoms with Crippen LogP contribution in [0, 0.1) is 11.8 Å². The van der Waals surface area contributed by atoms with Gasteiger partial charge >= 0.3 is 5.97 Å². The molecule has 3 unspecified atom stereocenters. The molecule has 100 valence electrons. The highest BCUT2D eigenvalue weighted by Gasteiger charge is 2.30. The van der Waals surface area contributed by atoms with E-state index in [2.05, 4.69) is 11.6 Å². The van der Waals surface area contributed by atoms with Gasteiger partial charge in [-0.25, -0.2) is 13.1 Å². The minimum absolute atomic E-state index is 0.0439. The van der Waals surface area contributed by atoms with Gasteiger partial charge in [-0.05, 0) is 18.3 Å². The van der Waals surface area contributed by atoms with Gasteiger partial charge in [-0.3, -0.25) is 4.79 Å². The second-order valence-electron chi connectivity index (χ2n) is 4.95. The molecule has 3 atom stereocenters. The Morgan fingerprint density at radius 1 is 1.35 bits per heavy atom. The normalized spacial score (nSPS) is 30.1. The summed E-state index contributed by atoms with van der Waals surface area (Å²) in [5, 5.41) is 8.48. The van der Waals surface area contributed by atoms with E-state index < -0.39 is 16.0 Å². The van der Waals surface area contributed by atoms with Gasteiger partial charge in [0, 0.05) is 6.04 Å². The van der Waals surface area contributed by atoms with E-state index in [1.807, 2.05) is 6.92 Å². The number of carboxylic acids is 1. The summed E-state index contributed by atoms with van der Waals surface area (Å²) in [6.45, 7) is 4.18. The Morgan fingerprint density at radius 3 is 2.59 bits per heavy atom. The predicted molar refractivity (Wildman–Crippen MR) is 65.1 cm³/mol. The predicted octanol–water partition coefficient (Wildman–Crippen LogP) is 1.21. The highest BCUT2D eigenvalue weighted by Crippen LogP contribution is 2.29. The van der Waals surface area contributed by atoms with Crippen molar-refractivity contribution in [1.82, 2.24) is 4.72 Å². The van der Waals surface area contributed by atoms with E-state index in [1.54, 1.807) is 0 Å². The zero-order chi connectivity index (χ0) is 13.1. The van der Waals surface area contributed by atoms with Crippen LogP contribution in [-0.2, 0) is 14.8 Å². The first-order valence-corrected chi connectivity index (χ1v) is 7.69. The number of carboxylic acid groups (broad SMARTS) is 1. The topological polar surface area (TPSA) is 83.5 Å². The highest BCUT2D eigenvalue weighted by atomic mass is 32.2. The molecule has 0 aliphatic heterocycles. The van der Waals surface area contributed by atoms with Crippen molar-refractivity contribution in [3.8, 4) is 0 Å². The summed E-state index contributed by atoms with van der Waals surface area (Å²) in [5.41, 5.74) is 0. The van der Waals surface area contributed by atoms with Crippen molar-refractivity contribution in [2.75, 3.05) is 5.75 Å². The van der Waals surface area contributed by atoms with Gasteiger partial charge in [0.1, 0.15) is 0 Å². The number of nitrogens with one attached hydrogen (secondary N) is 1. The van der Waals surface area contributed by atoms with Crippen LogP contribution in [0.2, 0.25) is 0 Å². The van der Waals surface area contributed by atoms with Gasteiger partial charge in [-0.15, -0.1) is 0 Å². The summed E-state index contributed by atoms with van der Waals surface area (Å²) in [5.74, 6) is -0.598. The number of sulfonamides is 1. The first-order chi connectivity index (χ1) is 7.82. The standard InChI is InChI=1S/C11H21NO4S/c1-8-4-3-5-10(9(8)2)12-17(15,16)7-6-11(13)14/h8-10,12H,3-7H2,1-2H3,(H,13,14). The smallest absolute Gasteiger partial charge is 0.304 e. The fraction of sp³-hybridized carbons (Fsp3) is 0.909. The third-order valence-electron chi connectivity index (χ3n) is 3.62. The van der Waals surface area contributed by atoms with Crippen LogP contribution >= 0.6 is 0 Å². The van der Waals surface area contributed by atoms with E-state index in [1.165, 1.54) is 0 Å². The summed E-state index contributed by atoms with van der Waals surface area (Å²) in [6.07, 6.45) is 2.66. The Hall–Kier alpha value is -0.620. The monoisotopic (exact) mass is 263 g/mol. The van der Waals surface area contributed by atoms with Crippen molar-refractivity contribution < 1.29 is 18.3 Å². The fourth-order valence-corrected chi connectivity index (χ4v) is 3.61. The number of hydrogen-bond acceptors (Lipinski definition) is 3. The zero-order valence-corrected chi connectivity index (χ0v) is 11.2. The van der Waals surface area contributed by atoms with Crippen LogP contribution in [0.15, 0.2) is 0 Å². The van der Waals surface area contributed by atoms with E-state index in [9.17, 15) is 13.2 Å². The molecule has 17 heavy (non-hydrogen) atoms. The molecule has 5 nitrogen and oxygen atoms in total. The number of carbonyl (C=O) groups is 1. The molecule has 1 aliphatic rings. The van der Waals surface area contributed by atoms with Crippen LogP contribution in [0.25, 0.3) is 0 Å². The summed E-state index contributed by atoms with van der Waals surface area (Å²) in [6, 6.07) is -0.0439. The largest absolute Gasteiger partial charge is 0.481 e. The van der Waals surface area contributed by atoms with Crippen molar-refractivity contribution >= 4 is 16.0 Å². The van der Waals surface area contributed by atoms with Crippen molar-refractivity contribution in [3.63, 3.8) is 0 Å². The lowest BCUT2D eigenvalue weighted by molar-refractivity contribution is -0.136. The van der Waals surface area contributed by atoms with E-state index in [0.717, 1.165) is 19.3 Å².